The Morgan fingerprint density at radius 2 is 1.89 bits per heavy atom. The van der Waals surface area contributed by atoms with Gasteiger partial charge < -0.3 is 11.1 Å². The standard InChI is InChI=1S/C16H27N3/c1-2-18-14-16(13-17)8-10-19(11-9-16)12-15-6-4-3-5-7-15/h3-7,18H,2,8-14,17H2,1H3. The highest BCUT2D eigenvalue weighted by molar-refractivity contribution is 5.14. The monoisotopic (exact) mass is 261 g/mol. The van der Waals surface area contributed by atoms with Gasteiger partial charge in [-0.3, -0.25) is 4.90 Å². The quantitative estimate of drug-likeness (QED) is 0.821. The van der Waals surface area contributed by atoms with E-state index in [9.17, 15) is 0 Å². The number of nitrogens with one attached hydrogen (secondary N) is 1. The molecule has 19 heavy (non-hydrogen) atoms. The molecule has 0 amide bonds. The molecule has 0 atom stereocenters. The van der Waals surface area contributed by atoms with Gasteiger partial charge in [-0.05, 0) is 50.0 Å². The molecule has 1 aromatic carbocycles. The van der Waals surface area contributed by atoms with Crippen LogP contribution in [0.15, 0.2) is 30.3 Å². The van der Waals surface area contributed by atoms with Crippen molar-refractivity contribution in [3.63, 3.8) is 0 Å². The first kappa shape index (κ1) is 14.5. The zero-order valence-corrected chi connectivity index (χ0v) is 12.1. The van der Waals surface area contributed by atoms with Crippen molar-refractivity contribution >= 4 is 0 Å². The molecule has 3 heteroatoms. The maximum Gasteiger partial charge on any atom is 0.0233 e. The van der Waals surface area contributed by atoms with Crippen LogP contribution in [0.5, 0.6) is 0 Å². The zero-order chi connectivity index (χ0) is 13.6. The van der Waals surface area contributed by atoms with Gasteiger partial charge in [-0.25, -0.2) is 0 Å². The minimum absolute atomic E-state index is 0.323. The van der Waals surface area contributed by atoms with Gasteiger partial charge >= 0.3 is 0 Å². The third-order valence-electron chi connectivity index (χ3n) is 4.35. The van der Waals surface area contributed by atoms with E-state index in [0.29, 0.717) is 5.41 Å². The lowest BCUT2D eigenvalue weighted by molar-refractivity contribution is 0.104. The average molecular weight is 261 g/mol. The lowest BCUT2D eigenvalue weighted by atomic mass is 9.78. The lowest BCUT2D eigenvalue weighted by Gasteiger charge is -2.41. The summed E-state index contributed by atoms with van der Waals surface area (Å²) in [6.07, 6.45) is 2.42. The number of hydrogen-bond acceptors (Lipinski definition) is 3. The number of piperidine rings is 1. The van der Waals surface area contributed by atoms with Gasteiger partial charge in [0.2, 0.25) is 0 Å². The van der Waals surface area contributed by atoms with E-state index in [1.807, 2.05) is 0 Å². The molecular weight excluding hydrogens is 234 g/mol. The second-order valence-corrected chi connectivity index (χ2v) is 5.75. The summed E-state index contributed by atoms with van der Waals surface area (Å²) < 4.78 is 0. The summed E-state index contributed by atoms with van der Waals surface area (Å²) in [6.45, 7) is 8.47. The van der Waals surface area contributed by atoms with E-state index in [1.54, 1.807) is 0 Å². The van der Waals surface area contributed by atoms with Crippen LogP contribution in [0, 0.1) is 5.41 Å². The van der Waals surface area contributed by atoms with Gasteiger partial charge in [0.1, 0.15) is 0 Å². The van der Waals surface area contributed by atoms with Crippen molar-refractivity contribution in [1.29, 1.82) is 0 Å². The highest BCUT2D eigenvalue weighted by Crippen LogP contribution is 2.30. The van der Waals surface area contributed by atoms with Crippen LogP contribution in [0.3, 0.4) is 0 Å². The van der Waals surface area contributed by atoms with Crippen LogP contribution in [0.4, 0.5) is 0 Å². The van der Waals surface area contributed by atoms with Crippen LogP contribution < -0.4 is 11.1 Å². The lowest BCUT2D eigenvalue weighted by Crippen LogP contribution is -2.48. The van der Waals surface area contributed by atoms with E-state index in [-0.39, 0.29) is 0 Å². The van der Waals surface area contributed by atoms with Crippen molar-refractivity contribution in [2.45, 2.75) is 26.3 Å². The van der Waals surface area contributed by atoms with Crippen LogP contribution in [0.25, 0.3) is 0 Å². The van der Waals surface area contributed by atoms with Gasteiger partial charge in [0, 0.05) is 13.1 Å². The van der Waals surface area contributed by atoms with Crippen molar-refractivity contribution in [2.24, 2.45) is 11.1 Å². The highest BCUT2D eigenvalue weighted by Gasteiger charge is 2.32. The Morgan fingerprint density at radius 1 is 1.21 bits per heavy atom. The number of rotatable bonds is 6. The van der Waals surface area contributed by atoms with Crippen LogP contribution >= 0.6 is 0 Å². The molecule has 0 aromatic heterocycles. The molecule has 1 saturated heterocycles. The zero-order valence-electron chi connectivity index (χ0n) is 12.1. The van der Waals surface area contributed by atoms with E-state index in [1.165, 1.54) is 18.4 Å². The smallest absolute Gasteiger partial charge is 0.0233 e. The summed E-state index contributed by atoms with van der Waals surface area (Å²) in [7, 11) is 0. The Morgan fingerprint density at radius 3 is 2.47 bits per heavy atom. The molecule has 0 bridgehead atoms. The van der Waals surface area contributed by atoms with E-state index in [0.717, 1.165) is 39.3 Å². The van der Waals surface area contributed by atoms with Gasteiger partial charge in [-0.2, -0.15) is 0 Å². The summed E-state index contributed by atoms with van der Waals surface area (Å²) in [5, 5.41) is 3.48. The number of hydrogen-bond donors (Lipinski definition) is 2. The van der Waals surface area contributed by atoms with E-state index in [4.69, 9.17) is 5.73 Å². The normalized spacial score (nSPS) is 19.5. The summed E-state index contributed by atoms with van der Waals surface area (Å²) >= 11 is 0. The van der Waals surface area contributed by atoms with Gasteiger partial charge in [-0.1, -0.05) is 37.3 Å². The first-order chi connectivity index (χ1) is 9.28. The summed E-state index contributed by atoms with van der Waals surface area (Å²) in [5.41, 5.74) is 7.75. The fourth-order valence-corrected chi connectivity index (χ4v) is 2.87. The number of benzene rings is 1. The first-order valence-corrected chi connectivity index (χ1v) is 7.45. The topological polar surface area (TPSA) is 41.3 Å². The van der Waals surface area contributed by atoms with Crippen molar-refractivity contribution in [3.8, 4) is 0 Å². The van der Waals surface area contributed by atoms with Gasteiger partial charge in [0.15, 0.2) is 0 Å². The molecule has 0 aliphatic carbocycles. The van der Waals surface area contributed by atoms with Crippen molar-refractivity contribution in [3.05, 3.63) is 35.9 Å². The van der Waals surface area contributed by atoms with E-state index in [2.05, 4.69) is 47.5 Å². The molecule has 0 saturated carbocycles. The molecule has 1 fully saturated rings. The molecule has 106 valence electrons. The first-order valence-electron chi connectivity index (χ1n) is 7.45. The molecule has 1 aliphatic rings. The largest absolute Gasteiger partial charge is 0.330 e. The Balaban J connectivity index is 1.84. The molecule has 0 radical (unpaired) electrons. The Hall–Kier alpha value is -0.900. The minimum atomic E-state index is 0.323. The van der Waals surface area contributed by atoms with Gasteiger partial charge in [0.25, 0.3) is 0 Å². The van der Waals surface area contributed by atoms with Crippen molar-refractivity contribution in [2.75, 3.05) is 32.7 Å². The number of likely N-dealkylation sites (tertiary alicyclic amines) is 1. The Labute approximate surface area is 117 Å². The highest BCUT2D eigenvalue weighted by atomic mass is 15.1. The molecule has 3 nitrogen and oxygen atoms in total. The summed E-state index contributed by atoms with van der Waals surface area (Å²) in [4.78, 5) is 2.55. The fraction of sp³-hybridized carbons (Fsp3) is 0.625. The van der Waals surface area contributed by atoms with Crippen LogP contribution in [-0.4, -0.2) is 37.6 Å². The summed E-state index contributed by atoms with van der Waals surface area (Å²) in [5.74, 6) is 0. The SMILES string of the molecule is CCNCC1(CN)CCN(Cc2ccccc2)CC1. The predicted octanol–water partition coefficient (Wildman–Crippen LogP) is 1.84. The van der Waals surface area contributed by atoms with Gasteiger partial charge in [-0.15, -0.1) is 0 Å². The fourth-order valence-electron chi connectivity index (χ4n) is 2.87. The predicted molar refractivity (Wildman–Crippen MR) is 81.0 cm³/mol. The Bertz CT molecular complexity index is 356. The van der Waals surface area contributed by atoms with Crippen LogP contribution in [-0.2, 0) is 6.54 Å². The molecule has 0 spiro atoms. The van der Waals surface area contributed by atoms with Crippen LogP contribution in [0.2, 0.25) is 0 Å². The second-order valence-electron chi connectivity index (χ2n) is 5.75. The molecule has 1 aliphatic heterocycles. The average Bonchev–Trinajstić information content (AvgIpc) is 2.48. The minimum Gasteiger partial charge on any atom is -0.330 e. The van der Waals surface area contributed by atoms with E-state index >= 15 is 0 Å². The summed E-state index contributed by atoms with van der Waals surface area (Å²) in [6, 6.07) is 10.7. The van der Waals surface area contributed by atoms with Crippen molar-refractivity contribution in [1.82, 2.24) is 10.2 Å². The number of nitrogens with zero attached hydrogens (tertiary/aromatic N) is 1. The van der Waals surface area contributed by atoms with Crippen molar-refractivity contribution < 1.29 is 0 Å². The molecule has 1 heterocycles. The molecule has 3 N–H and O–H groups in total. The maximum atomic E-state index is 6.02. The third-order valence-corrected chi connectivity index (χ3v) is 4.35. The second kappa shape index (κ2) is 7.04. The maximum absolute atomic E-state index is 6.02. The Kier molecular flexibility index (Phi) is 5.37. The number of nitrogens with two attached hydrogens (primary N) is 1. The molecule has 0 unspecified atom stereocenters. The third kappa shape index (κ3) is 4.03. The van der Waals surface area contributed by atoms with E-state index < -0.39 is 0 Å². The molecular formula is C16H27N3. The molecule has 2 rings (SSSR count). The van der Waals surface area contributed by atoms with Crippen LogP contribution in [0.1, 0.15) is 25.3 Å². The molecule has 1 aromatic rings. The van der Waals surface area contributed by atoms with Gasteiger partial charge in [0.05, 0.1) is 0 Å².